The molecule has 2 heterocycles. The van der Waals surface area contributed by atoms with Crippen molar-refractivity contribution < 1.29 is 13.2 Å². The second-order valence-electron chi connectivity index (χ2n) is 5.85. The summed E-state index contributed by atoms with van der Waals surface area (Å²) >= 11 is 12.1. The highest BCUT2D eigenvalue weighted by Crippen LogP contribution is 2.35. The van der Waals surface area contributed by atoms with Gasteiger partial charge in [-0.05, 0) is 30.7 Å². The summed E-state index contributed by atoms with van der Waals surface area (Å²) in [6.45, 7) is 1.63. The summed E-state index contributed by atoms with van der Waals surface area (Å²) in [7, 11) is 1.67. The van der Waals surface area contributed by atoms with Crippen LogP contribution in [0.25, 0.3) is 10.9 Å². The van der Waals surface area contributed by atoms with Crippen LogP contribution in [0, 0.1) is 6.92 Å². The fourth-order valence-corrected chi connectivity index (χ4v) is 3.35. The third-order valence-electron chi connectivity index (χ3n) is 4.24. The van der Waals surface area contributed by atoms with E-state index < -0.39 is 17.3 Å². The third kappa shape index (κ3) is 3.16. The van der Waals surface area contributed by atoms with Crippen LogP contribution in [0.4, 0.5) is 13.2 Å². The lowest BCUT2D eigenvalue weighted by Gasteiger charge is -2.10. The van der Waals surface area contributed by atoms with E-state index in [1.54, 1.807) is 24.6 Å². The molecule has 3 aromatic rings. The fraction of sp³-hybridized carbons (Fsp3) is 0.235. The smallest absolute Gasteiger partial charge is 0.347 e. The number of nitrogens with one attached hydrogen (secondary N) is 1. The zero-order chi connectivity index (χ0) is 18.5. The molecule has 25 heavy (non-hydrogen) atoms. The summed E-state index contributed by atoms with van der Waals surface area (Å²) in [6, 6.07) is 4.03. The lowest BCUT2D eigenvalue weighted by molar-refractivity contribution is -0.137. The number of rotatable bonds is 2. The Hall–Kier alpha value is -1.92. The number of hydrogen-bond acceptors (Lipinski definition) is 1. The van der Waals surface area contributed by atoms with Crippen LogP contribution in [-0.4, -0.2) is 9.55 Å². The molecule has 0 saturated heterocycles. The number of H-pyrrole nitrogens is 1. The summed E-state index contributed by atoms with van der Waals surface area (Å²) in [5.74, 6) is 0. The molecule has 0 radical (unpaired) electrons. The monoisotopic (exact) mass is 388 g/mol. The number of pyridine rings is 1. The Kier molecular flexibility index (Phi) is 4.37. The molecule has 1 N–H and O–H groups in total. The highest BCUT2D eigenvalue weighted by Gasteiger charge is 2.31. The lowest BCUT2D eigenvalue weighted by Crippen LogP contribution is -2.10. The number of benzene rings is 1. The number of hydrogen-bond donors (Lipinski definition) is 1. The van der Waals surface area contributed by atoms with Gasteiger partial charge in [-0.15, -0.1) is 0 Å². The molecule has 0 aliphatic heterocycles. The average Bonchev–Trinajstić information content (AvgIpc) is 2.84. The Morgan fingerprint density at radius 1 is 1.20 bits per heavy atom. The molecule has 0 unspecified atom stereocenters. The molecule has 0 bridgehead atoms. The molecule has 2 aromatic heterocycles. The zero-order valence-electron chi connectivity index (χ0n) is 13.3. The van der Waals surface area contributed by atoms with E-state index in [1.807, 2.05) is 0 Å². The van der Waals surface area contributed by atoms with Crippen molar-refractivity contribution in [3.8, 4) is 0 Å². The van der Waals surface area contributed by atoms with Gasteiger partial charge in [0.1, 0.15) is 5.02 Å². The molecule has 0 saturated carbocycles. The number of alkyl halides is 3. The lowest BCUT2D eigenvalue weighted by atomic mass is 10.1. The van der Waals surface area contributed by atoms with E-state index in [2.05, 4.69) is 4.98 Å². The molecule has 0 amide bonds. The van der Waals surface area contributed by atoms with Gasteiger partial charge in [0.2, 0.25) is 0 Å². The van der Waals surface area contributed by atoms with E-state index in [0.29, 0.717) is 32.7 Å². The highest BCUT2D eigenvalue weighted by atomic mass is 35.5. The van der Waals surface area contributed by atoms with Gasteiger partial charge in [0.15, 0.2) is 0 Å². The van der Waals surface area contributed by atoms with Crippen LogP contribution in [0.2, 0.25) is 10.0 Å². The number of aromatic amines is 1. The van der Waals surface area contributed by atoms with Gasteiger partial charge in [0.25, 0.3) is 5.56 Å². The number of aryl methyl sites for hydroxylation is 2. The first-order chi connectivity index (χ1) is 11.6. The number of halogens is 5. The molecular formula is C17H13Cl2F3N2O. The predicted octanol–water partition coefficient (Wildman–Crippen LogP) is 5.09. The first-order valence-corrected chi connectivity index (χ1v) is 8.07. The minimum atomic E-state index is -4.41. The van der Waals surface area contributed by atoms with Gasteiger partial charge in [-0.3, -0.25) is 4.79 Å². The second-order valence-corrected chi connectivity index (χ2v) is 6.64. The van der Waals surface area contributed by atoms with Crippen molar-refractivity contribution in [2.24, 2.45) is 7.05 Å². The third-order valence-corrected chi connectivity index (χ3v) is 4.97. The quantitative estimate of drug-likeness (QED) is 0.651. The molecule has 0 aliphatic rings. The standard InChI is InChI=1S/C17H13Cl2F3N2O/c1-8-3-9(17(20,21)22)4-14-11(8)5-10(24(14)2)6-12-13(18)7-23-16(25)15(12)19/h3-5,7H,6H2,1-2H3,(H,23,25). The Labute approximate surface area is 151 Å². The number of nitrogens with zero attached hydrogens (tertiary/aromatic N) is 1. The molecule has 8 heteroatoms. The number of aromatic nitrogens is 2. The van der Waals surface area contributed by atoms with Gasteiger partial charge >= 0.3 is 6.18 Å². The minimum absolute atomic E-state index is 0.0227. The van der Waals surface area contributed by atoms with E-state index in [0.717, 1.165) is 12.1 Å². The first kappa shape index (κ1) is 17.9. The van der Waals surface area contributed by atoms with Crippen LogP contribution in [0.15, 0.2) is 29.2 Å². The van der Waals surface area contributed by atoms with Crippen molar-refractivity contribution in [2.45, 2.75) is 19.5 Å². The Balaban J connectivity index is 2.16. The largest absolute Gasteiger partial charge is 0.416 e. The van der Waals surface area contributed by atoms with Crippen LogP contribution in [0.1, 0.15) is 22.4 Å². The summed E-state index contributed by atoms with van der Waals surface area (Å²) in [5, 5.41) is 0.982. The molecule has 132 valence electrons. The Morgan fingerprint density at radius 2 is 1.88 bits per heavy atom. The topological polar surface area (TPSA) is 37.8 Å². The van der Waals surface area contributed by atoms with Crippen LogP contribution < -0.4 is 5.56 Å². The molecule has 3 nitrogen and oxygen atoms in total. The highest BCUT2D eigenvalue weighted by molar-refractivity contribution is 6.35. The predicted molar refractivity (Wildman–Crippen MR) is 92.5 cm³/mol. The molecule has 0 atom stereocenters. The summed E-state index contributed by atoms with van der Waals surface area (Å²) in [4.78, 5) is 14.1. The van der Waals surface area contributed by atoms with E-state index in [-0.39, 0.29) is 11.4 Å². The van der Waals surface area contributed by atoms with Gasteiger partial charge in [-0.2, -0.15) is 13.2 Å². The van der Waals surface area contributed by atoms with Crippen LogP contribution in [0.5, 0.6) is 0 Å². The van der Waals surface area contributed by atoms with Gasteiger partial charge in [0, 0.05) is 41.8 Å². The molecule has 1 aromatic carbocycles. The Bertz CT molecular complexity index is 1040. The maximum absolute atomic E-state index is 13.0. The van der Waals surface area contributed by atoms with E-state index in [1.165, 1.54) is 6.20 Å². The van der Waals surface area contributed by atoms with Crippen molar-refractivity contribution >= 4 is 34.1 Å². The van der Waals surface area contributed by atoms with Gasteiger partial charge in [-0.25, -0.2) is 0 Å². The van der Waals surface area contributed by atoms with E-state index in [4.69, 9.17) is 23.2 Å². The van der Waals surface area contributed by atoms with Gasteiger partial charge in [0.05, 0.1) is 10.6 Å². The summed E-state index contributed by atoms with van der Waals surface area (Å²) in [6.07, 6.45) is -2.84. The van der Waals surface area contributed by atoms with Crippen molar-refractivity contribution in [3.05, 3.63) is 67.2 Å². The second kappa shape index (κ2) is 6.11. The average molecular weight is 389 g/mol. The van der Waals surface area contributed by atoms with Crippen molar-refractivity contribution in [1.29, 1.82) is 0 Å². The first-order valence-electron chi connectivity index (χ1n) is 7.31. The summed E-state index contributed by atoms with van der Waals surface area (Å²) in [5.41, 5.74) is 0.959. The van der Waals surface area contributed by atoms with Gasteiger partial charge in [-0.1, -0.05) is 23.2 Å². The summed E-state index contributed by atoms with van der Waals surface area (Å²) < 4.78 is 40.8. The van der Waals surface area contributed by atoms with E-state index in [9.17, 15) is 18.0 Å². The fourth-order valence-electron chi connectivity index (χ4n) is 2.86. The van der Waals surface area contributed by atoms with Crippen LogP contribution in [0.3, 0.4) is 0 Å². The number of fused-ring (bicyclic) bond motifs is 1. The van der Waals surface area contributed by atoms with Crippen molar-refractivity contribution in [3.63, 3.8) is 0 Å². The van der Waals surface area contributed by atoms with Crippen LogP contribution >= 0.6 is 23.2 Å². The van der Waals surface area contributed by atoms with Crippen LogP contribution in [-0.2, 0) is 19.6 Å². The molecule has 0 aliphatic carbocycles. The normalized spacial score (nSPS) is 12.1. The maximum Gasteiger partial charge on any atom is 0.416 e. The van der Waals surface area contributed by atoms with Gasteiger partial charge < -0.3 is 9.55 Å². The maximum atomic E-state index is 13.0. The van der Waals surface area contributed by atoms with E-state index >= 15 is 0 Å². The zero-order valence-corrected chi connectivity index (χ0v) is 14.8. The minimum Gasteiger partial charge on any atom is -0.347 e. The van der Waals surface area contributed by atoms with Crippen molar-refractivity contribution in [1.82, 2.24) is 9.55 Å². The molecule has 0 spiro atoms. The Morgan fingerprint density at radius 3 is 2.52 bits per heavy atom. The molecular weight excluding hydrogens is 376 g/mol. The van der Waals surface area contributed by atoms with Crippen molar-refractivity contribution in [2.75, 3.05) is 0 Å². The molecule has 3 rings (SSSR count). The molecule has 0 fully saturated rings. The SMILES string of the molecule is Cc1cc(C(F)(F)F)cc2c1cc(Cc1c(Cl)c[nH]c(=O)c1Cl)n2C.